The third kappa shape index (κ3) is 6.27. The Morgan fingerprint density at radius 1 is 1.04 bits per heavy atom. The Morgan fingerprint density at radius 2 is 1.81 bits per heavy atom. The Balaban J connectivity index is 1.27. The van der Waals surface area contributed by atoms with E-state index in [1.807, 2.05) is 38.1 Å². The summed E-state index contributed by atoms with van der Waals surface area (Å²) < 4.78 is 14.8. The number of carbonyl (C=O) groups excluding carboxylic acids is 3. The number of pyridine rings is 1. The summed E-state index contributed by atoms with van der Waals surface area (Å²) in [7, 11) is 0. The molecule has 1 saturated carbocycles. The van der Waals surface area contributed by atoms with Crippen molar-refractivity contribution in [3.63, 3.8) is 0 Å². The average molecular weight is 716 g/mol. The molecule has 12 heteroatoms. The zero-order valence-electron chi connectivity index (χ0n) is 27.5. The number of aryl methyl sites for hydroxylation is 2. The first kappa shape index (κ1) is 32.5. The molecule has 2 fully saturated rings. The summed E-state index contributed by atoms with van der Waals surface area (Å²) in [5.74, 6) is 0.793. The molecular weight excluding hydrogens is 676 g/mol. The van der Waals surface area contributed by atoms with E-state index < -0.39 is 6.04 Å². The van der Waals surface area contributed by atoms with E-state index in [0.29, 0.717) is 59.0 Å². The summed E-state index contributed by atoms with van der Waals surface area (Å²) in [6.07, 6.45) is 8.80. The van der Waals surface area contributed by atoms with Crippen LogP contribution in [0, 0.1) is 19.3 Å². The standard InChI is InChI=1S/C36H39BrN6O5/c1-21-8-9-33(37)40-27(21)13-30(45)29-15-36-16-32(36)43(29)34(46)19-42-28-14-31(48-11-7-5-4-6-10-47-20-36)25(24-17-38-23(3)39-18-24)12-26(28)35(41-42)22(2)44/h8-9,12,14,17-18,29,32H,4-7,10-11,13,15-16,19-20H2,1-3H3/t29-,32+,36-/m0/s1. The van der Waals surface area contributed by atoms with Crippen LogP contribution >= 0.6 is 15.9 Å². The Morgan fingerprint density at radius 3 is 2.58 bits per heavy atom. The number of fused-ring (bicyclic) bond motifs is 1. The van der Waals surface area contributed by atoms with Gasteiger partial charge in [-0.05, 0) is 79.6 Å². The molecule has 3 aromatic heterocycles. The number of ether oxygens (including phenoxy) is 2. The van der Waals surface area contributed by atoms with Crippen molar-refractivity contribution in [2.24, 2.45) is 5.41 Å². The van der Waals surface area contributed by atoms with Gasteiger partial charge >= 0.3 is 0 Å². The molecule has 48 heavy (non-hydrogen) atoms. The topological polar surface area (TPSA) is 129 Å². The maximum absolute atomic E-state index is 14.3. The Kier molecular flexibility index (Phi) is 8.88. The van der Waals surface area contributed by atoms with Crippen molar-refractivity contribution in [3.8, 4) is 16.9 Å². The first-order valence-corrected chi connectivity index (χ1v) is 17.4. The van der Waals surface area contributed by atoms with Crippen LogP contribution in [0.25, 0.3) is 22.0 Å². The van der Waals surface area contributed by atoms with E-state index in [2.05, 4.69) is 36.0 Å². The van der Waals surface area contributed by atoms with Gasteiger partial charge in [0.1, 0.15) is 28.4 Å². The molecule has 11 nitrogen and oxygen atoms in total. The fourth-order valence-corrected chi connectivity index (χ4v) is 7.61. The second-order valence-electron chi connectivity index (χ2n) is 13.4. The van der Waals surface area contributed by atoms with Crippen LogP contribution in [0.5, 0.6) is 5.75 Å². The van der Waals surface area contributed by atoms with Crippen LogP contribution in [0.3, 0.4) is 0 Å². The number of nitrogens with zero attached hydrogens (tertiary/aromatic N) is 6. The molecule has 3 atom stereocenters. The van der Waals surface area contributed by atoms with Crippen molar-refractivity contribution in [2.75, 3.05) is 19.8 Å². The van der Waals surface area contributed by atoms with Crippen molar-refractivity contribution in [3.05, 3.63) is 64.0 Å². The van der Waals surface area contributed by atoms with Crippen molar-refractivity contribution < 1.29 is 23.9 Å². The van der Waals surface area contributed by atoms with Crippen molar-refractivity contribution >= 4 is 44.3 Å². The molecule has 7 rings (SSSR count). The highest BCUT2D eigenvalue weighted by atomic mass is 79.9. The van der Waals surface area contributed by atoms with E-state index in [9.17, 15) is 14.4 Å². The molecule has 2 aliphatic heterocycles. The second kappa shape index (κ2) is 13.1. The number of halogens is 1. The Labute approximate surface area is 287 Å². The second-order valence-corrected chi connectivity index (χ2v) is 14.2. The number of Topliss-reactive ketones (excluding diaryl/α,β-unsaturated/α-hetero) is 2. The lowest BCUT2D eigenvalue weighted by Gasteiger charge is -2.27. The molecule has 0 unspecified atom stereocenters. The van der Waals surface area contributed by atoms with Gasteiger partial charge in [0.2, 0.25) is 5.91 Å². The van der Waals surface area contributed by atoms with Crippen LogP contribution in [-0.4, -0.2) is 79.0 Å². The third-order valence-corrected chi connectivity index (χ3v) is 10.4. The fraction of sp³-hybridized carbons (Fsp3) is 0.472. The zero-order chi connectivity index (χ0) is 33.6. The molecule has 0 radical (unpaired) electrons. The van der Waals surface area contributed by atoms with Gasteiger partial charge in [0.25, 0.3) is 0 Å². The van der Waals surface area contributed by atoms with Crippen LogP contribution in [0.1, 0.15) is 73.0 Å². The minimum atomic E-state index is -0.594. The smallest absolute Gasteiger partial charge is 0.245 e. The van der Waals surface area contributed by atoms with Gasteiger partial charge in [-0.3, -0.25) is 19.1 Å². The number of ketones is 2. The summed E-state index contributed by atoms with van der Waals surface area (Å²) >= 11 is 3.43. The highest BCUT2D eigenvalue weighted by Gasteiger charge is 2.67. The van der Waals surface area contributed by atoms with E-state index in [1.165, 1.54) is 6.92 Å². The lowest BCUT2D eigenvalue weighted by Crippen LogP contribution is -2.45. The predicted octanol–water partition coefficient (Wildman–Crippen LogP) is 5.61. The number of carbonyl (C=O) groups is 3. The van der Waals surface area contributed by atoms with Crippen molar-refractivity contribution in [1.82, 2.24) is 29.6 Å². The van der Waals surface area contributed by atoms with Crippen LogP contribution in [-0.2, 0) is 27.3 Å². The molecule has 0 spiro atoms. The van der Waals surface area contributed by atoms with Crippen molar-refractivity contribution in [1.29, 1.82) is 0 Å². The summed E-state index contributed by atoms with van der Waals surface area (Å²) in [4.78, 5) is 56.3. The summed E-state index contributed by atoms with van der Waals surface area (Å²) in [5, 5.41) is 5.29. The molecule has 4 bridgehead atoms. The van der Waals surface area contributed by atoms with Gasteiger partial charge in [0.15, 0.2) is 11.6 Å². The summed E-state index contributed by atoms with van der Waals surface area (Å²) in [6, 6.07) is 6.87. The molecule has 0 N–H and O–H groups in total. The summed E-state index contributed by atoms with van der Waals surface area (Å²) in [6.45, 7) is 6.79. The zero-order valence-corrected chi connectivity index (χ0v) is 29.1. The fourth-order valence-electron chi connectivity index (χ4n) is 7.26. The molecule has 1 aromatic carbocycles. The van der Waals surface area contributed by atoms with E-state index in [-0.39, 0.29) is 47.6 Å². The number of benzene rings is 1. The monoisotopic (exact) mass is 714 g/mol. The molecule has 1 saturated heterocycles. The molecule has 1 amide bonds. The number of hydrogen-bond donors (Lipinski definition) is 0. The Bertz CT molecular complexity index is 1910. The average Bonchev–Trinajstić information content (AvgIpc) is 3.48. The number of rotatable bonds is 5. The maximum atomic E-state index is 14.3. The molecule has 5 heterocycles. The number of amides is 1. The highest BCUT2D eigenvalue weighted by Crippen LogP contribution is 2.60. The molecular formula is C36H39BrN6O5. The predicted molar refractivity (Wildman–Crippen MR) is 182 cm³/mol. The van der Waals surface area contributed by atoms with E-state index >= 15 is 0 Å². The van der Waals surface area contributed by atoms with Gasteiger partial charge in [0, 0.05) is 60.0 Å². The summed E-state index contributed by atoms with van der Waals surface area (Å²) in [5.41, 5.74) is 3.79. The van der Waals surface area contributed by atoms with Crippen molar-refractivity contribution in [2.45, 2.75) is 84.3 Å². The van der Waals surface area contributed by atoms with E-state index in [0.717, 1.165) is 48.8 Å². The van der Waals surface area contributed by atoms with E-state index in [4.69, 9.17) is 9.47 Å². The van der Waals surface area contributed by atoms with Crippen LogP contribution in [0.2, 0.25) is 0 Å². The molecule has 4 aromatic rings. The normalized spacial score (nSPS) is 23.0. The molecule has 3 aliphatic rings. The van der Waals surface area contributed by atoms with Crippen LogP contribution in [0.4, 0.5) is 0 Å². The van der Waals surface area contributed by atoms with Gasteiger partial charge < -0.3 is 14.4 Å². The quantitative estimate of drug-likeness (QED) is 0.191. The van der Waals surface area contributed by atoms with Gasteiger partial charge in [0.05, 0.1) is 36.9 Å². The van der Waals surface area contributed by atoms with E-state index in [1.54, 1.807) is 22.0 Å². The lowest BCUT2D eigenvalue weighted by atomic mass is 9.95. The molecule has 1 aliphatic carbocycles. The first-order valence-electron chi connectivity index (χ1n) is 16.6. The third-order valence-electron chi connectivity index (χ3n) is 9.98. The Hall–Kier alpha value is -4.03. The van der Waals surface area contributed by atoms with Crippen LogP contribution in [0.15, 0.2) is 41.3 Å². The lowest BCUT2D eigenvalue weighted by molar-refractivity contribution is -0.139. The first-order chi connectivity index (χ1) is 23.1. The number of aromatic nitrogens is 5. The number of hydrogen-bond acceptors (Lipinski definition) is 9. The highest BCUT2D eigenvalue weighted by molar-refractivity contribution is 9.10. The molecule has 250 valence electrons. The van der Waals surface area contributed by atoms with Gasteiger partial charge in [-0.1, -0.05) is 12.5 Å². The van der Waals surface area contributed by atoms with Gasteiger partial charge in [-0.25, -0.2) is 15.0 Å². The minimum Gasteiger partial charge on any atom is -0.493 e. The van der Waals surface area contributed by atoms with Crippen LogP contribution < -0.4 is 4.74 Å². The van der Waals surface area contributed by atoms with Gasteiger partial charge in [-0.2, -0.15) is 5.10 Å². The van der Waals surface area contributed by atoms with Gasteiger partial charge in [-0.15, -0.1) is 0 Å². The number of piperidine rings is 1. The maximum Gasteiger partial charge on any atom is 0.245 e. The minimum absolute atomic E-state index is 0.0371. The SMILES string of the molecule is CC(=O)c1nn2c3cc(c(-c4cnc(C)nc4)cc13)OCCCCCCOC[C@@]13C[C@@H](C(=O)Cc4nc(Br)ccc4C)N(C(=O)C2)[C@@H]1C3. The largest absolute Gasteiger partial charge is 0.493 e.